The van der Waals surface area contributed by atoms with Gasteiger partial charge in [0.25, 0.3) is 0 Å². The van der Waals surface area contributed by atoms with Crippen molar-refractivity contribution in [1.29, 1.82) is 0 Å². The van der Waals surface area contributed by atoms with Crippen LogP contribution in [0.15, 0.2) is 0 Å². The molecule has 0 saturated heterocycles. The van der Waals surface area contributed by atoms with E-state index in [4.69, 9.17) is 11.6 Å². The quantitative estimate of drug-likeness (QED) is 0.240. The summed E-state index contributed by atoms with van der Waals surface area (Å²) in [6, 6.07) is 0. The highest BCUT2D eigenvalue weighted by molar-refractivity contribution is 6.17. The minimum absolute atomic E-state index is 0.844. The smallest absolute Gasteiger partial charge is 0.0223 e. The van der Waals surface area contributed by atoms with E-state index in [0.29, 0.717) is 0 Å². The van der Waals surface area contributed by atoms with Crippen LogP contribution < -0.4 is 0 Å². The average Bonchev–Trinajstić information content (AvgIpc) is 2.44. The third kappa shape index (κ3) is 27.5. The summed E-state index contributed by atoms with van der Waals surface area (Å²) in [6.07, 6.45) is 19.4. The molecule has 0 bridgehead atoms. The molecule has 0 rings (SSSR count). The Morgan fingerprint density at radius 2 is 0.684 bits per heavy atom. The highest BCUT2D eigenvalue weighted by atomic mass is 35.5. The molecule has 0 radical (unpaired) electrons. The molecule has 0 saturated carbocycles. The normalized spacial score (nSPS) is 10.1. The van der Waals surface area contributed by atoms with Gasteiger partial charge in [0.1, 0.15) is 0 Å². The first-order chi connectivity index (χ1) is 9.33. The lowest BCUT2D eigenvalue weighted by atomic mass is 10.1. The first-order valence-corrected chi connectivity index (χ1v) is 9.42. The Morgan fingerprint density at radius 3 is 1.00 bits per heavy atom. The number of rotatable bonds is 13. The standard InChI is InChI=1S/C12H25Cl.C6H14/c1-2-3-4-5-6-7-8-9-10-11-12-13;1-3-5-6-4-2/h2-12H2,1H3;3-6H2,1-2H3. The molecule has 0 nitrogen and oxygen atoms in total. The van der Waals surface area contributed by atoms with Crippen molar-refractivity contribution in [3.63, 3.8) is 0 Å². The van der Waals surface area contributed by atoms with Crippen molar-refractivity contribution in [1.82, 2.24) is 0 Å². The number of hydrogen-bond donors (Lipinski definition) is 0. The van der Waals surface area contributed by atoms with Crippen LogP contribution in [0.3, 0.4) is 0 Å². The molecule has 0 aliphatic heterocycles. The van der Waals surface area contributed by atoms with E-state index in [2.05, 4.69) is 20.8 Å². The molecule has 0 atom stereocenters. The van der Waals surface area contributed by atoms with Crippen molar-refractivity contribution in [2.45, 2.75) is 111 Å². The molecule has 1 heteroatoms. The molecule has 0 aromatic carbocycles. The third-order valence-electron chi connectivity index (χ3n) is 3.44. The van der Waals surface area contributed by atoms with Gasteiger partial charge in [-0.05, 0) is 6.42 Å². The van der Waals surface area contributed by atoms with Gasteiger partial charge in [0.2, 0.25) is 0 Å². The molecule has 0 aromatic heterocycles. The van der Waals surface area contributed by atoms with Gasteiger partial charge in [-0.25, -0.2) is 0 Å². The van der Waals surface area contributed by atoms with Gasteiger partial charge in [-0.2, -0.15) is 0 Å². The van der Waals surface area contributed by atoms with E-state index in [9.17, 15) is 0 Å². The first-order valence-electron chi connectivity index (χ1n) is 8.89. The van der Waals surface area contributed by atoms with E-state index >= 15 is 0 Å². The van der Waals surface area contributed by atoms with Crippen molar-refractivity contribution in [3.05, 3.63) is 0 Å². The Balaban J connectivity index is 0. The van der Waals surface area contributed by atoms with Crippen LogP contribution in [0, 0.1) is 0 Å². The molecule has 0 amide bonds. The van der Waals surface area contributed by atoms with Crippen LogP contribution in [-0.2, 0) is 0 Å². The second-order valence-corrected chi connectivity index (χ2v) is 5.96. The Labute approximate surface area is 128 Å². The Bertz CT molecular complexity index is 109. The molecular weight excluding hydrogens is 252 g/mol. The largest absolute Gasteiger partial charge is 0.127 e. The second kappa shape index (κ2) is 23.4. The maximum Gasteiger partial charge on any atom is 0.0223 e. The summed E-state index contributed by atoms with van der Waals surface area (Å²) in [4.78, 5) is 0. The Morgan fingerprint density at radius 1 is 0.421 bits per heavy atom. The number of unbranched alkanes of at least 4 members (excludes halogenated alkanes) is 12. The van der Waals surface area contributed by atoms with Crippen LogP contribution in [0.4, 0.5) is 0 Å². The van der Waals surface area contributed by atoms with Gasteiger partial charge in [0, 0.05) is 5.88 Å². The van der Waals surface area contributed by atoms with Crippen molar-refractivity contribution < 1.29 is 0 Å². The van der Waals surface area contributed by atoms with Gasteiger partial charge in [-0.1, -0.05) is 104 Å². The van der Waals surface area contributed by atoms with Gasteiger partial charge in [0.05, 0.1) is 0 Å². The fourth-order valence-electron chi connectivity index (χ4n) is 2.08. The fraction of sp³-hybridized carbons (Fsp3) is 1.00. The number of alkyl halides is 1. The third-order valence-corrected chi connectivity index (χ3v) is 3.71. The zero-order valence-corrected chi connectivity index (χ0v) is 14.7. The van der Waals surface area contributed by atoms with Crippen molar-refractivity contribution >= 4 is 11.6 Å². The van der Waals surface area contributed by atoms with Gasteiger partial charge < -0.3 is 0 Å². The molecule has 0 unspecified atom stereocenters. The van der Waals surface area contributed by atoms with E-state index < -0.39 is 0 Å². The van der Waals surface area contributed by atoms with Crippen LogP contribution in [-0.4, -0.2) is 5.88 Å². The molecule has 0 heterocycles. The van der Waals surface area contributed by atoms with Gasteiger partial charge in [-0.15, -0.1) is 11.6 Å². The highest BCUT2D eigenvalue weighted by Crippen LogP contribution is 2.10. The van der Waals surface area contributed by atoms with Crippen molar-refractivity contribution in [2.24, 2.45) is 0 Å². The molecule has 0 N–H and O–H groups in total. The summed E-state index contributed by atoms with van der Waals surface area (Å²) < 4.78 is 0. The molecule has 19 heavy (non-hydrogen) atoms. The zero-order valence-electron chi connectivity index (χ0n) is 14.0. The van der Waals surface area contributed by atoms with Crippen LogP contribution in [0.5, 0.6) is 0 Å². The Kier molecular flexibility index (Phi) is 26.6. The van der Waals surface area contributed by atoms with Gasteiger partial charge in [-0.3, -0.25) is 0 Å². The molecule has 0 aliphatic carbocycles. The van der Waals surface area contributed by atoms with E-state index in [1.165, 1.54) is 89.9 Å². The minimum Gasteiger partial charge on any atom is -0.127 e. The van der Waals surface area contributed by atoms with E-state index in [-0.39, 0.29) is 0 Å². The van der Waals surface area contributed by atoms with E-state index in [1.54, 1.807) is 0 Å². The predicted molar refractivity (Wildman–Crippen MR) is 92.4 cm³/mol. The SMILES string of the molecule is CCCCCC.CCCCCCCCCCCCCl. The van der Waals surface area contributed by atoms with Crippen molar-refractivity contribution in [3.8, 4) is 0 Å². The summed E-state index contributed by atoms with van der Waals surface area (Å²) in [5.41, 5.74) is 0. The summed E-state index contributed by atoms with van der Waals surface area (Å²) in [6.45, 7) is 6.73. The lowest BCUT2D eigenvalue weighted by molar-refractivity contribution is 0.563. The maximum absolute atomic E-state index is 5.60. The monoisotopic (exact) mass is 290 g/mol. The van der Waals surface area contributed by atoms with Crippen LogP contribution in [0.1, 0.15) is 111 Å². The zero-order chi connectivity index (χ0) is 14.6. The number of hydrogen-bond acceptors (Lipinski definition) is 0. The predicted octanol–water partition coefficient (Wildman–Crippen LogP) is 7.73. The second-order valence-electron chi connectivity index (χ2n) is 5.58. The van der Waals surface area contributed by atoms with Crippen molar-refractivity contribution in [2.75, 3.05) is 5.88 Å². The van der Waals surface area contributed by atoms with Gasteiger partial charge in [0.15, 0.2) is 0 Å². The molecule has 0 fully saturated rings. The first kappa shape index (κ1) is 21.6. The lowest BCUT2D eigenvalue weighted by Crippen LogP contribution is -1.81. The minimum atomic E-state index is 0.844. The summed E-state index contributed by atoms with van der Waals surface area (Å²) in [7, 11) is 0. The summed E-state index contributed by atoms with van der Waals surface area (Å²) in [5, 5.41) is 0. The van der Waals surface area contributed by atoms with Crippen LogP contribution >= 0.6 is 11.6 Å². The average molecular weight is 291 g/mol. The summed E-state index contributed by atoms with van der Waals surface area (Å²) >= 11 is 5.60. The number of halogens is 1. The lowest BCUT2D eigenvalue weighted by Gasteiger charge is -2.00. The molecule has 0 aromatic rings. The fourth-order valence-corrected chi connectivity index (χ4v) is 2.27. The van der Waals surface area contributed by atoms with Crippen LogP contribution in [0.25, 0.3) is 0 Å². The molecule has 0 aliphatic rings. The Hall–Kier alpha value is 0.290. The van der Waals surface area contributed by atoms with E-state index in [1.807, 2.05) is 0 Å². The summed E-state index contributed by atoms with van der Waals surface area (Å²) in [5.74, 6) is 0.844. The highest BCUT2D eigenvalue weighted by Gasteiger charge is 1.91. The topological polar surface area (TPSA) is 0 Å². The van der Waals surface area contributed by atoms with Gasteiger partial charge >= 0.3 is 0 Å². The maximum atomic E-state index is 5.60. The van der Waals surface area contributed by atoms with E-state index in [0.717, 1.165) is 5.88 Å². The molecule has 0 spiro atoms. The van der Waals surface area contributed by atoms with Crippen LogP contribution in [0.2, 0.25) is 0 Å². The molecular formula is C18H39Cl. The molecule has 118 valence electrons.